The van der Waals surface area contributed by atoms with Crippen LogP contribution in [0, 0.1) is 0 Å². The minimum absolute atomic E-state index is 0.0378. The van der Waals surface area contributed by atoms with Gasteiger partial charge in [-0.1, -0.05) is 11.6 Å². The Balaban J connectivity index is 1.92. The molecule has 1 fully saturated rings. The van der Waals surface area contributed by atoms with Gasteiger partial charge in [0, 0.05) is 18.4 Å². The topological polar surface area (TPSA) is 66.9 Å². The van der Waals surface area contributed by atoms with E-state index in [2.05, 4.69) is 20.6 Å². The first kappa shape index (κ1) is 11.1. The van der Waals surface area contributed by atoms with Gasteiger partial charge in [-0.15, -0.1) is 0 Å². The summed E-state index contributed by atoms with van der Waals surface area (Å²) in [6, 6.07) is -0.0103. The maximum Gasteiger partial charge on any atom is 0.242 e. The maximum absolute atomic E-state index is 11.6. The lowest BCUT2D eigenvalue weighted by Gasteiger charge is -2.14. The summed E-state index contributed by atoms with van der Waals surface area (Å²) in [7, 11) is 0. The summed E-state index contributed by atoms with van der Waals surface area (Å²) >= 11 is 5.82. The molecule has 1 amide bonds. The predicted octanol–water partition coefficient (Wildman–Crippen LogP) is 1.21. The van der Waals surface area contributed by atoms with E-state index in [1.807, 2.05) is 0 Å². The van der Waals surface area contributed by atoms with E-state index in [4.69, 9.17) is 11.6 Å². The number of halogens is 1. The minimum atomic E-state index is -0.366. The Kier molecular flexibility index (Phi) is 3.24. The van der Waals surface area contributed by atoms with E-state index in [0.29, 0.717) is 11.9 Å². The first-order valence-electron chi connectivity index (χ1n) is 5.20. The smallest absolute Gasteiger partial charge is 0.242 e. The molecule has 0 bridgehead atoms. The molecule has 1 unspecified atom stereocenters. The Bertz CT molecular complexity index is 394. The second-order valence-corrected chi connectivity index (χ2v) is 4.20. The highest BCUT2D eigenvalue weighted by Gasteiger charge is 2.25. The molecule has 86 valence electrons. The zero-order valence-corrected chi connectivity index (χ0v) is 9.66. The van der Waals surface area contributed by atoms with Crippen LogP contribution in [-0.4, -0.2) is 28.0 Å². The molecule has 0 aromatic carbocycles. The third-order valence-corrected chi connectivity index (χ3v) is 2.60. The fourth-order valence-electron chi connectivity index (χ4n) is 1.24. The van der Waals surface area contributed by atoms with Crippen molar-refractivity contribution in [3.8, 4) is 0 Å². The fraction of sp³-hybridized carbons (Fsp3) is 0.500. The molecule has 5 nitrogen and oxygen atoms in total. The van der Waals surface area contributed by atoms with Gasteiger partial charge >= 0.3 is 0 Å². The van der Waals surface area contributed by atoms with Crippen LogP contribution < -0.4 is 10.6 Å². The van der Waals surface area contributed by atoms with Crippen LogP contribution >= 0.6 is 11.6 Å². The lowest BCUT2D eigenvalue weighted by atomic mass is 10.3. The highest BCUT2D eigenvalue weighted by Crippen LogP contribution is 2.19. The van der Waals surface area contributed by atoms with Crippen molar-refractivity contribution in [3.05, 3.63) is 17.5 Å². The molecular weight excluding hydrogens is 228 g/mol. The number of amides is 1. The van der Waals surface area contributed by atoms with Crippen LogP contribution in [0.25, 0.3) is 0 Å². The SMILES string of the molecule is CC(Nc1nccnc1Cl)C(=O)NC1CC1. The van der Waals surface area contributed by atoms with E-state index in [1.54, 1.807) is 6.92 Å². The Labute approximate surface area is 98.6 Å². The van der Waals surface area contributed by atoms with Crippen molar-refractivity contribution >= 4 is 23.3 Å². The fourth-order valence-corrected chi connectivity index (χ4v) is 1.40. The van der Waals surface area contributed by atoms with E-state index in [-0.39, 0.29) is 17.1 Å². The van der Waals surface area contributed by atoms with Gasteiger partial charge in [-0.05, 0) is 19.8 Å². The van der Waals surface area contributed by atoms with Gasteiger partial charge in [0.15, 0.2) is 11.0 Å². The normalized spacial score (nSPS) is 16.6. The number of aromatic nitrogens is 2. The van der Waals surface area contributed by atoms with E-state index in [1.165, 1.54) is 12.4 Å². The van der Waals surface area contributed by atoms with E-state index in [0.717, 1.165) is 12.8 Å². The van der Waals surface area contributed by atoms with Crippen LogP contribution in [0.2, 0.25) is 5.15 Å². The number of hydrogen-bond donors (Lipinski definition) is 2. The van der Waals surface area contributed by atoms with Gasteiger partial charge < -0.3 is 10.6 Å². The summed E-state index contributed by atoms with van der Waals surface area (Å²) in [6.07, 6.45) is 5.18. The number of nitrogens with zero attached hydrogens (tertiary/aromatic N) is 2. The van der Waals surface area contributed by atoms with Crippen LogP contribution in [-0.2, 0) is 4.79 Å². The van der Waals surface area contributed by atoms with Gasteiger partial charge in [0.2, 0.25) is 5.91 Å². The van der Waals surface area contributed by atoms with Crippen molar-refractivity contribution in [2.24, 2.45) is 0 Å². The molecule has 1 saturated carbocycles. The molecule has 0 saturated heterocycles. The molecule has 0 radical (unpaired) electrons. The van der Waals surface area contributed by atoms with Crippen molar-refractivity contribution in [1.82, 2.24) is 15.3 Å². The van der Waals surface area contributed by atoms with Crippen LogP contribution in [0.4, 0.5) is 5.82 Å². The summed E-state index contributed by atoms with van der Waals surface area (Å²) in [4.78, 5) is 19.5. The molecule has 16 heavy (non-hydrogen) atoms. The van der Waals surface area contributed by atoms with Gasteiger partial charge in [-0.3, -0.25) is 4.79 Å². The van der Waals surface area contributed by atoms with Gasteiger partial charge in [-0.2, -0.15) is 0 Å². The molecule has 1 aliphatic carbocycles. The Morgan fingerprint density at radius 1 is 1.50 bits per heavy atom. The largest absolute Gasteiger partial charge is 0.356 e. The molecule has 1 aliphatic rings. The number of rotatable bonds is 4. The first-order valence-corrected chi connectivity index (χ1v) is 5.58. The van der Waals surface area contributed by atoms with Crippen molar-refractivity contribution in [3.63, 3.8) is 0 Å². The van der Waals surface area contributed by atoms with Crippen molar-refractivity contribution in [2.75, 3.05) is 5.32 Å². The predicted molar refractivity (Wildman–Crippen MR) is 61.3 cm³/mol. The van der Waals surface area contributed by atoms with Gasteiger partial charge in [0.05, 0.1) is 0 Å². The van der Waals surface area contributed by atoms with E-state index in [9.17, 15) is 4.79 Å². The molecule has 1 aromatic rings. The molecule has 1 heterocycles. The summed E-state index contributed by atoms with van der Waals surface area (Å²) in [5.74, 6) is 0.395. The van der Waals surface area contributed by atoms with E-state index < -0.39 is 0 Å². The standard InChI is InChI=1S/C10H13ClN4O/c1-6(10(16)15-7-2-3-7)14-9-8(11)12-4-5-13-9/h4-7H,2-3H2,1H3,(H,13,14)(H,15,16). The summed E-state index contributed by atoms with van der Waals surface area (Å²) in [5, 5.41) is 6.10. The molecule has 1 aromatic heterocycles. The molecule has 1 atom stereocenters. The Morgan fingerprint density at radius 2 is 2.19 bits per heavy atom. The second-order valence-electron chi connectivity index (χ2n) is 3.84. The number of anilines is 1. The van der Waals surface area contributed by atoms with E-state index >= 15 is 0 Å². The average molecular weight is 241 g/mol. The van der Waals surface area contributed by atoms with Crippen molar-refractivity contribution in [1.29, 1.82) is 0 Å². The lowest BCUT2D eigenvalue weighted by Crippen LogP contribution is -2.38. The third kappa shape index (κ3) is 2.82. The first-order chi connectivity index (χ1) is 7.66. The van der Waals surface area contributed by atoms with Crippen LogP contribution in [0.1, 0.15) is 19.8 Å². The zero-order chi connectivity index (χ0) is 11.5. The highest BCUT2D eigenvalue weighted by atomic mass is 35.5. The Hall–Kier alpha value is -1.36. The van der Waals surface area contributed by atoms with Crippen molar-refractivity contribution in [2.45, 2.75) is 31.8 Å². The van der Waals surface area contributed by atoms with Crippen molar-refractivity contribution < 1.29 is 4.79 Å². The Morgan fingerprint density at radius 3 is 2.81 bits per heavy atom. The summed E-state index contributed by atoms with van der Waals surface area (Å²) in [6.45, 7) is 1.77. The lowest BCUT2D eigenvalue weighted by molar-refractivity contribution is -0.121. The molecule has 2 rings (SSSR count). The summed E-state index contributed by atoms with van der Waals surface area (Å²) in [5.41, 5.74) is 0. The number of carbonyl (C=O) groups excluding carboxylic acids is 1. The molecule has 0 spiro atoms. The number of hydrogen-bond acceptors (Lipinski definition) is 4. The zero-order valence-electron chi connectivity index (χ0n) is 8.90. The maximum atomic E-state index is 11.6. The van der Waals surface area contributed by atoms with Crippen LogP contribution in [0.5, 0.6) is 0 Å². The monoisotopic (exact) mass is 240 g/mol. The second kappa shape index (κ2) is 4.65. The molecular formula is C10H13ClN4O. The molecule has 2 N–H and O–H groups in total. The number of carbonyl (C=O) groups is 1. The quantitative estimate of drug-likeness (QED) is 0.830. The number of nitrogens with one attached hydrogen (secondary N) is 2. The summed E-state index contributed by atoms with van der Waals surface area (Å²) < 4.78 is 0. The highest BCUT2D eigenvalue weighted by molar-refractivity contribution is 6.31. The molecule has 0 aliphatic heterocycles. The minimum Gasteiger partial charge on any atom is -0.356 e. The van der Waals surface area contributed by atoms with Crippen LogP contribution in [0.15, 0.2) is 12.4 Å². The average Bonchev–Trinajstić information content (AvgIpc) is 3.05. The van der Waals surface area contributed by atoms with Gasteiger partial charge in [0.1, 0.15) is 6.04 Å². The third-order valence-electron chi connectivity index (χ3n) is 2.32. The molecule has 6 heteroatoms. The van der Waals surface area contributed by atoms with Gasteiger partial charge in [-0.25, -0.2) is 9.97 Å². The van der Waals surface area contributed by atoms with Gasteiger partial charge in [0.25, 0.3) is 0 Å². The van der Waals surface area contributed by atoms with Crippen LogP contribution in [0.3, 0.4) is 0 Å².